The number of anilines is 2. The van der Waals surface area contributed by atoms with Gasteiger partial charge >= 0.3 is 0 Å². The number of carbonyl (C=O) groups excluding carboxylic acids is 3. The van der Waals surface area contributed by atoms with E-state index < -0.39 is 45.6 Å². The number of halogens is 1. The summed E-state index contributed by atoms with van der Waals surface area (Å²) in [6.45, 7) is 5.20. The van der Waals surface area contributed by atoms with Gasteiger partial charge in [-0.05, 0) is 49.7 Å². The van der Waals surface area contributed by atoms with Crippen LogP contribution in [-0.4, -0.2) is 62.6 Å². The predicted octanol–water partition coefficient (Wildman–Crippen LogP) is 1.27. The Labute approximate surface area is 209 Å². The third-order valence-electron chi connectivity index (χ3n) is 6.04. The van der Waals surface area contributed by atoms with Crippen molar-refractivity contribution in [2.24, 2.45) is 5.92 Å². The van der Waals surface area contributed by atoms with E-state index in [2.05, 4.69) is 20.9 Å². The second-order valence-corrected chi connectivity index (χ2v) is 11.1. The minimum Gasteiger partial charge on any atom is -0.343 e. The smallest absolute Gasteiger partial charge is 0.251 e. The lowest BCUT2D eigenvalue weighted by molar-refractivity contribution is -0.130. The van der Waals surface area contributed by atoms with Gasteiger partial charge in [0.1, 0.15) is 23.7 Å². The highest BCUT2D eigenvalue weighted by Crippen LogP contribution is 2.32. The molecule has 1 aromatic heterocycles. The molecule has 0 fully saturated rings. The summed E-state index contributed by atoms with van der Waals surface area (Å²) in [5, 5.41) is 8.02. The molecule has 1 aliphatic heterocycles. The number of amides is 3. The summed E-state index contributed by atoms with van der Waals surface area (Å²) in [7, 11) is -2.01. The lowest BCUT2D eigenvalue weighted by atomic mass is 10.0. The zero-order valence-corrected chi connectivity index (χ0v) is 21.5. The molecule has 0 aliphatic carbocycles. The fourth-order valence-electron chi connectivity index (χ4n) is 3.84. The maximum Gasteiger partial charge on any atom is 0.251 e. The van der Waals surface area contributed by atoms with Crippen LogP contribution in [0, 0.1) is 11.7 Å². The van der Waals surface area contributed by atoms with E-state index >= 15 is 0 Å². The lowest BCUT2D eigenvalue weighted by Crippen LogP contribution is -2.57. The number of rotatable bonds is 8. The second-order valence-electron chi connectivity index (χ2n) is 9.06. The molecule has 0 radical (unpaired) electrons. The summed E-state index contributed by atoms with van der Waals surface area (Å²) in [6.07, 6.45) is 2.58. The van der Waals surface area contributed by atoms with Crippen LogP contribution < -0.4 is 20.9 Å². The zero-order valence-electron chi connectivity index (χ0n) is 20.7. The quantitative estimate of drug-likeness (QED) is 0.478. The number of carbonyl (C=O) groups is 3. The monoisotopic (exact) mass is 519 g/mol. The van der Waals surface area contributed by atoms with Gasteiger partial charge in [0.15, 0.2) is 9.84 Å². The Morgan fingerprint density at radius 1 is 1.17 bits per heavy atom. The molecule has 3 rings (SSSR count). The summed E-state index contributed by atoms with van der Waals surface area (Å²) in [5.41, 5.74) is 0.427. The first-order valence-electron chi connectivity index (χ1n) is 11.4. The van der Waals surface area contributed by atoms with Gasteiger partial charge in [-0.15, -0.1) is 0 Å². The molecule has 1 aromatic carbocycles. The molecular weight excluding hydrogens is 489 g/mol. The van der Waals surface area contributed by atoms with Gasteiger partial charge in [-0.3, -0.25) is 19.3 Å². The Morgan fingerprint density at radius 2 is 1.86 bits per heavy atom. The standard InChI is InChI=1S/C24H30FN5O5S/c1-13(2)20(29-22(31)14(3)26-4)24(33)30-19(11-15-7-6-10-27-21(15)30)23(32)28-18-9-8-16(12-17(18)25)36(5,34)35/h6-10,12-14,19-20,26H,11H2,1-5H3,(H,28,32)(H,29,31)/t14-,19?,20?/m0/s1. The summed E-state index contributed by atoms with van der Waals surface area (Å²) in [6, 6.07) is 4.05. The highest BCUT2D eigenvalue weighted by atomic mass is 32.2. The van der Waals surface area contributed by atoms with E-state index in [-0.39, 0.29) is 34.6 Å². The van der Waals surface area contributed by atoms with Crippen molar-refractivity contribution < 1.29 is 27.2 Å². The normalized spacial score (nSPS) is 16.9. The molecule has 12 heteroatoms. The van der Waals surface area contributed by atoms with Gasteiger partial charge in [0, 0.05) is 18.9 Å². The third-order valence-corrected chi connectivity index (χ3v) is 7.15. The summed E-state index contributed by atoms with van der Waals surface area (Å²) < 4.78 is 38.0. The topological polar surface area (TPSA) is 138 Å². The number of nitrogens with zero attached hydrogens (tertiary/aromatic N) is 2. The van der Waals surface area contributed by atoms with E-state index in [4.69, 9.17) is 0 Å². The number of hydrogen-bond acceptors (Lipinski definition) is 7. The first kappa shape index (κ1) is 27.2. The summed E-state index contributed by atoms with van der Waals surface area (Å²) >= 11 is 0. The van der Waals surface area contributed by atoms with Gasteiger partial charge in [0.05, 0.1) is 16.6 Å². The molecule has 3 N–H and O–H groups in total. The van der Waals surface area contributed by atoms with Crippen molar-refractivity contribution in [2.45, 2.75) is 50.2 Å². The van der Waals surface area contributed by atoms with Crippen LogP contribution in [0.2, 0.25) is 0 Å². The van der Waals surface area contributed by atoms with E-state index in [9.17, 15) is 27.2 Å². The van der Waals surface area contributed by atoms with Crippen LogP contribution in [0.5, 0.6) is 0 Å². The zero-order chi connectivity index (χ0) is 26.8. The average Bonchev–Trinajstić information content (AvgIpc) is 3.21. The number of fused-ring (bicyclic) bond motifs is 1. The number of nitrogens with one attached hydrogen (secondary N) is 3. The van der Waals surface area contributed by atoms with Crippen LogP contribution in [-0.2, 0) is 30.6 Å². The van der Waals surface area contributed by atoms with Crippen molar-refractivity contribution in [3.05, 3.63) is 47.9 Å². The first-order valence-corrected chi connectivity index (χ1v) is 13.3. The Bertz CT molecular complexity index is 1280. The molecule has 3 amide bonds. The van der Waals surface area contributed by atoms with E-state index in [0.29, 0.717) is 5.56 Å². The Kier molecular flexibility index (Phi) is 8.09. The summed E-state index contributed by atoms with van der Waals surface area (Å²) in [5.74, 6) is -2.51. The van der Waals surface area contributed by atoms with Crippen LogP contribution >= 0.6 is 0 Å². The first-order chi connectivity index (χ1) is 16.8. The molecule has 194 valence electrons. The molecule has 10 nitrogen and oxygen atoms in total. The van der Waals surface area contributed by atoms with E-state index in [1.807, 2.05) is 0 Å². The van der Waals surface area contributed by atoms with Crippen LogP contribution in [0.15, 0.2) is 41.4 Å². The van der Waals surface area contributed by atoms with Gasteiger partial charge in [0.2, 0.25) is 11.8 Å². The van der Waals surface area contributed by atoms with Crippen LogP contribution in [0.4, 0.5) is 15.9 Å². The minimum absolute atomic E-state index is 0.134. The van der Waals surface area contributed by atoms with E-state index in [1.54, 1.807) is 40.0 Å². The highest BCUT2D eigenvalue weighted by molar-refractivity contribution is 7.90. The van der Waals surface area contributed by atoms with Gasteiger partial charge in [0.25, 0.3) is 5.91 Å². The molecule has 3 atom stereocenters. The van der Waals surface area contributed by atoms with Crippen LogP contribution in [0.3, 0.4) is 0 Å². The molecule has 0 bridgehead atoms. The van der Waals surface area contributed by atoms with Crippen molar-refractivity contribution in [1.29, 1.82) is 0 Å². The van der Waals surface area contributed by atoms with E-state index in [1.165, 1.54) is 17.2 Å². The van der Waals surface area contributed by atoms with Gasteiger partial charge in [-0.2, -0.15) is 0 Å². The minimum atomic E-state index is -3.63. The number of sulfone groups is 1. The second kappa shape index (κ2) is 10.7. The Hall–Kier alpha value is -3.38. The number of hydrogen-bond donors (Lipinski definition) is 3. The molecule has 2 heterocycles. The molecule has 1 aliphatic rings. The molecule has 0 spiro atoms. The Balaban J connectivity index is 1.92. The van der Waals surface area contributed by atoms with Crippen molar-refractivity contribution in [3.63, 3.8) is 0 Å². The molecule has 2 aromatic rings. The number of aromatic nitrogens is 1. The SMILES string of the molecule is CN[C@@H](C)C(=O)NC(C(=O)N1c2ncccc2CC1C(=O)Nc1ccc(S(C)(=O)=O)cc1F)C(C)C. The van der Waals surface area contributed by atoms with Crippen LogP contribution in [0.25, 0.3) is 0 Å². The number of benzene rings is 1. The number of likely N-dealkylation sites (N-methyl/N-ethyl adjacent to an activating group) is 1. The van der Waals surface area contributed by atoms with Gasteiger partial charge in [-0.1, -0.05) is 19.9 Å². The maximum atomic E-state index is 14.6. The van der Waals surface area contributed by atoms with Crippen molar-refractivity contribution in [3.8, 4) is 0 Å². The van der Waals surface area contributed by atoms with Crippen molar-refractivity contribution in [2.75, 3.05) is 23.5 Å². The fraction of sp³-hybridized carbons (Fsp3) is 0.417. The van der Waals surface area contributed by atoms with Crippen molar-refractivity contribution >= 4 is 39.1 Å². The largest absolute Gasteiger partial charge is 0.343 e. The lowest BCUT2D eigenvalue weighted by Gasteiger charge is -2.31. The Morgan fingerprint density at radius 3 is 2.44 bits per heavy atom. The molecule has 36 heavy (non-hydrogen) atoms. The number of pyridine rings is 1. The molecule has 2 unspecified atom stereocenters. The maximum absolute atomic E-state index is 14.6. The third kappa shape index (κ3) is 5.71. The molecule has 0 saturated carbocycles. The molecular formula is C24H30FN5O5S. The van der Waals surface area contributed by atoms with E-state index in [0.717, 1.165) is 18.4 Å². The van der Waals surface area contributed by atoms with Gasteiger partial charge < -0.3 is 16.0 Å². The average molecular weight is 520 g/mol. The van der Waals surface area contributed by atoms with Crippen LogP contribution in [0.1, 0.15) is 26.3 Å². The highest BCUT2D eigenvalue weighted by Gasteiger charge is 2.43. The van der Waals surface area contributed by atoms with Crippen molar-refractivity contribution in [1.82, 2.24) is 15.6 Å². The molecule has 0 saturated heterocycles. The van der Waals surface area contributed by atoms with Gasteiger partial charge in [-0.25, -0.2) is 17.8 Å². The summed E-state index contributed by atoms with van der Waals surface area (Å²) in [4.78, 5) is 44.8. The fourth-order valence-corrected chi connectivity index (χ4v) is 4.47. The predicted molar refractivity (Wildman–Crippen MR) is 133 cm³/mol.